The van der Waals surface area contributed by atoms with Crippen molar-refractivity contribution < 1.29 is 24.1 Å². The Morgan fingerprint density at radius 2 is 1.63 bits per heavy atom. The van der Waals surface area contributed by atoms with Gasteiger partial charge in [0.2, 0.25) is 5.91 Å². The number of anilines is 1. The molecule has 6 heteroatoms. The number of aliphatic hydroxyl groups excluding tert-OH is 2. The van der Waals surface area contributed by atoms with Gasteiger partial charge in [-0.2, -0.15) is 0 Å². The molecule has 30 heavy (non-hydrogen) atoms. The number of rotatable bonds is 7. The first kappa shape index (κ1) is 20.1. The van der Waals surface area contributed by atoms with Crippen LogP contribution in [0.25, 0.3) is 0 Å². The lowest BCUT2D eigenvalue weighted by molar-refractivity contribution is -0.137. The Bertz CT molecular complexity index is 992. The molecule has 3 unspecified atom stereocenters. The highest BCUT2D eigenvalue weighted by Crippen LogP contribution is 2.45. The van der Waals surface area contributed by atoms with Crippen molar-refractivity contribution in [2.24, 2.45) is 5.92 Å². The van der Waals surface area contributed by atoms with Crippen molar-refractivity contribution in [3.8, 4) is 5.75 Å². The number of carbonyl (C=O) groups is 1. The molecule has 1 saturated heterocycles. The number of β-lactam (4-membered cyclic amide) rings is 1. The van der Waals surface area contributed by atoms with Crippen molar-refractivity contribution in [3.63, 3.8) is 0 Å². The first-order valence-corrected chi connectivity index (χ1v) is 9.72. The van der Waals surface area contributed by atoms with Gasteiger partial charge in [-0.3, -0.25) is 4.79 Å². The van der Waals surface area contributed by atoms with Gasteiger partial charge in [0.1, 0.15) is 18.2 Å². The lowest BCUT2D eigenvalue weighted by Crippen LogP contribution is -2.60. The Balaban J connectivity index is 1.55. The number of amides is 1. The van der Waals surface area contributed by atoms with E-state index in [0.717, 1.165) is 11.1 Å². The summed E-state index contributed by atoms with van der Waals surface area (Å²) in [5, 5.41) is 19.5. The smallest absolute Gasteiger partial charge is 0.235 e. The van der Waals surface area contributed by atoms with E-state index in [4.69, 9.17) is 4.74 Å². The number of hydrogen-bond acceptors (Lipinski definition) is 4. The van der Waals surface area contributed by atoms with Crippen LogP contribution in [0, 0.1) is 11.7 Å². The van der Waals surface area contributed by atoms with E-state index in [1.54, 1.807) is 0 Å². The van der Waals surface area contributed by atoms with Crippen molar-refractivity contribution in [2.45, 2.75) is 18.8 Å². The van der Waals surface area contributed by atoms with Gasteiger partial charge in [-0.1, -0.05) is 42.5 Å². The van der Waals surface area contributed by atoms with Crippen molar-refractivity contribution in [3.05, 3.63) is 95.8 Å². The maximum Gasteiger partial charge on any atom is 0.235 e. The van der Waals surface area contributed by atoms with Crippen molar-refractivity contribution in [1.29, 1.82) is 0 Å². The zero-order chi connectivity index (χ0) is 21.1. The summed E-state index contributed by atoms with van der Waals surface area (Å²) in [6.45, 7) is -0.0713. The minimum Gasteiger partial charge on any atom is -0.489 e. The monoisotopic (exact) mass is 407 g/mol. The van der Waals surface area contributed by atoms with Gasteiger partial charge in [0.05, 0.1) is 24.7 Å². The van der Waals surface area contributed by atoms with E-state index in [0.29, 0.717) is 18.0 Å². The van der Waals surface area contributed by atoms with Crippen LogP contribution in [0.2, 0.25) is 0 Å². The van der Waals surface area contributed by atoms with Crippen LogP contribution in [0.15, 0.2) is 78.9 Å². The van der Waals surface area contributed by atoms with Gasteiger partial charge in [-0.05, 0) is 47.5 Å². The van der Waals surface area contributed by atoms with E-state index in [1.807, 2.05) is 54.6 Å². The molecular weight excluding hydrogens is 385 g/mol. The predicted octanol–water partition coefficient (Wildman–Crippen LogP) is 3.46. The third-order valence-electron chi connectivity index (χ3n) is 5.32. The summed E-state index contributed by atoms with van der Waals surface area (Å²) in [5.41, 5.74) is 2.39. The molecule has 5 nitrogen and oxygen atoms in total. The molecule has 1 fully saturated rings. The summed E-state index contributed by atoms with van der Waals surface area (Å²) in [7, 11) is 0. The van der Waals surface area contributed by atoms with E-state index in [1.165, 1.54) is 29.2 Å². The topological polar surface area (TPSA) is 70.0 Å². The van der Waals surface area contributed by atoms with Crippen LogP contribution in [0.4, 0.5) is 10.1 Å². The fourth-order valence-electron chi connectivity index (χ4n) is 3.75. The van der Waals surface area contributed by atoms with Crippen molar-refractivity contribution in [1.82, 2.24) is 0 Å². The highest BCUT2D eigenvalue weighted by Gasteiger charge is 2.52. The Kier molecular flexibility index (Phi) is 5.79. The number of nitrogens with zero attached hydrogens (tertiary/aromatic N) is 1. The molecule has 0 spiro atoms. The lowest BCUT2D eigenvalue weighted by Gasteiger charge is -2.49. The maximum absolute atomic E-state index is 13.3. The third kappa shape index (κ3) is 3.92. The number of aliphatic hydroxyl groups is 2. The summed E-state index contributed by atoms with van der Waals surface area (Å²) in [4.78, 5) is 14.2. The van der Waals surface area contributed by atoms with E-state index in [9.17, 15) is 19.4 Å². The standard InChI is InChI=1S/C24H22FNO4/c25-18-8-10-19(11-9-18)26-23(22(24(26)29)21(28)14-27)17-6-12-20(13-7-17)30-15-16-4-2-1-3-5-16/h1-13,21-23,27-28H,14-15H2. The van der Waals surface area contributed by atoms with E-state index in [2.05, 4.69) is 0 Å². The molecule has 4 rings (SSSR count). The molecule has 3 aromatic rings. The highest BCUT2D eigenvalue weighted by molar-refractivity contribution is 6.03. The molecule has 1 aliphatic rings. The molecule has 0 saturated carbocycles. The molecular formula is C24H22FNO4. The van der Waals surface area contributed by atoms with Crippen molar-refractivity contribution in [2.75, 3.05) is 11.5 Å². The van der Waals surface area contributed by atoms with Crippen LogP contribution in [-0.2, 0) is 11.4 Å². The predicted molar refractivity (Wildman–Crippen MR) is 110 cm³/mol. The first-order valence-electron chi connectivity index (χ1n) is 9.72. The number of hydrogen-bond donors (Lipinski definition) is 2. The molecule has 1 aliphatic heterocycles. The molecule has 0 radical (unpaired) electrons. The average molecular weight is 407 g/mol. The lowest BCUT2D eigenvalue weighted by atomic mass is 9.78. The largest absolute Gasteiger partial charge is 0.489 e. The van der Waals surface area contributed by atoms with Crippen LogP contribution < -0.4 is 9.64 Å². The normalized spacial score (nSPS) is 19.3. The Labute approximate surface area is 174 Å². The van der Waals surface area contributed by atoms with Crippen LogP contribution in [0.5, 0.6) is 5.75 Å². The van der Waals surface area contributed by atoms with Crippen LogP contribution in [0.1, 0.15) is 17.2 Å². The van der Waals surface area contributed by atoms with Gasteiger partial charge in [0.25, 0.3) is 0 Å². The van der Waals surface area contributed by atoms with E-state index in [-0.39, 0.29) is 5.91 Å². The Hall–Kier alpha value is -3.22. The van der Waals surface area contributed by atoms with Gasteiger partial charge in [0, 0.05) is 5.69 Å². The second-order valence-corrected chi connectivity index (χ2v) is 7.25. The maximum atomic E-state index is 13.3. The molecule has 1 amide bonds. The number of benzene rings is 3. The SMILES string of the molecule is O=C1C(C(O)CO)C(c2ccc(OCc3ccccc3)cc2)N1c1ccc(F)cc1. The molecule has 1 heterocycles. The van der Waals surface area contributed by atoms with Gasteiger partial charge < -0.3 is 19.8 Å². The Morgan fingerprint density at radius 1 is 0.967 bits per heavy atom. The quantitative estimate of drug-likeness (QED) is 0.589. The van der Waals surface area contributed by atoms with Gasteiger partial charge in [0.15, 0.2) is 0 Å². The molecule has 0 bridgehead atoms. The molecule has 3 atom stereocenters. The zero-order valence-corrected chi connectivity index (χ0v) is 16.2. The van der Waals surface area contributed by atoms with Gasteiger partial charge >= 0.3 is 0 Å². The minimum absolute atomic E-state index is 0.308. The summed E-state index contributed by atoms with van der Waals surface area (Å²) < 4.78 is 19.1. The number of carbonyl (C=O) groups excluding carboxylic acids is 1. The second-order valence-electron chi connectivity index (χ2n) is 7.25. The van der Waals surface area contributed by atoms with Crippen LogP contribution in [0.3, 0.4) is 0 Å². The van der Waals surface area contributed by atoms with Gasteiger partial charge in [-0.15, -0.1) is 0 Å². The number of ether oxygens (including phenoxy) is 1. The summed E-state index contributed by atoms with van der Waals surface area (Å²) >= 11 is 0. The Morgan fingerprint density at radius 3 is 2.27 bits per heavy atom. The average Bonchev–Trinajstić information content (AvgIpc) is 2.78. The fourth-order valence-corrected chi connectivity index (χ4v) is 3.75. The van der Waals surface area contributed by atoms with E-state index < -0.39 is 30.5 Å². The van der Waals surface area contributed by atoms with Crippen LogP contribution in [-0.4, -0.2) is 28.8 Å². The second kappa shape index (κ2) is 8.65. The minimum atomic E-state index is -1.17. The molecule has 154 valence electrons. The molecule has 0 aromatic heterocycles. The molecule has 2 N–H and O–H groups in total. The summed E-state index contributed by atoms with van der Waals surface area (Å²) in [5.74, 6) is -0.787. The van der Waals surface area contributed by atoms with Crippen LogP contribution >= 0.6 is 0 Å². The molecule has 0 aliphatic carbocycles. The fraction of sp³-hybridized carbons (Fsp3) is 0.208. The van der Waals surface area contributed by atoms with Crippen molar-refractivity contribution >= 4 is 11.6 Å². The number of halogens is 1. The first-order chi connectivity index (χ1) is 14.6. The summed E-state index contributed by atoms with van der Waals surface area (Å²) in [6.07, 6.45) is -1.17. The third-order valence-corrected chi connectivity index (χ3v) is 5.32. The highest BCUT2D eigenvalue weighted by atomic mass is 19.1. The molecule has 3 aromatic carbocycles. The zero-order valence-electron chi connectivity index (χ0n) is 16.2. The van der Waals surface area contributed by atoms with Gasteiger partial charge in [-0.25, -0.2) is 4.39 Å². The van der Waals surface area contributed by atoms with E-state index >= 15 is 0 Å². The summed E-state index contributed by atoms with van der Waals surface area (Å²) in [6, 6.07) is 22.3.